The molecule has 5 heteroatoms. The number of carbonyl (C=O) groups is 2. The summed E-state index contributed by atoms with van der Waals surface area (Å²) >= 11 is 0. The molecule has 0 bridgehead atoms. The van der Waals surface area contributed by atoms with E-state index in [1.54, 1.807) is 13.8 Å². The van der Waals surface area contributed by atoms with Gasteiger partial charge in [0.1, 0.15) is 6.61 Å². The number of ether oxygens (including phenoxy) is 2. The zero-order valence-electron chi connectivity index (χ0n) is 30.6. The van der Waals surface area contributed by atoms with Crippen LogP contribution in [0.5, 0.6) is 0 Å². The lowest BCUT2D eigenvalue weighted by Gasteiger charge is -2.29. The average Bonchev–Trinajstić information content (AvgIpc) is 3.02. The number of unbranched alkanes of at least 4 members (excludes halogenated alkanes) is 16. The predicted molar refractivity (Wildman–Crippen MR) is 198 cm³/mol. The van der Waals surface area contributed by atoms with E-state index < -0.39 is 11.6 Å². The first-order valence-electron chi connectivity index (χ1n) is 19.0. The third kappa shape index (κ3) is 31.8. The number of rotatable bonds is 32. The molecule has 2 N–H and O–H groups in total. The SMILES string of the molecule is CCCCC/C=C\C/C=C\CCCCCCCC(=O)OCC(OC(=O)CCCCCCC/C=C\C/C=C\CCCCC)C(C)(C)N. The molecular weight excluding hydrogens is 570 g/mol. The fourth-order valence-electron chi connectivity index (χ4n) is 5.02. The van der Waals surface area contributed by atoms with Gasteiger partial charge in [0, 0.05) is 12.8 Å². The second-order valence-corrected chi connectivity index (χ2v) is 13.4. The molecule has 0 aliphatic carbocycles. The maximum atomic E-state index is 12.5. The maximum absolute atomic E-state index is 12.5. The summed E-state index contributed by atoms with van der Waals surface area (Å²) < 4.78 is 11.1. The van der Waals surface area contributed by atoms with Crippen LogP contribution in [0.25, 0.3) is 0 Å². The Morgan fingerprint density at radius 2 is 0.913 bits per heavy atom. The lowest BCUT2D eigenvalue weighted by Crippen LogP contribution is -2.50. The van der Waals surface area contributed by atoms with E-state index >= 15 is 0 Å². The third-order valence-corrected chi connectivity index (χ3v) is 8.16. The molecule has 0 saturated heterocycles. The number of hydrogen-bond acceptors (Lipinski definition) is 5. The van der Waals surface area contributed by atoms with Crippen molar-refractivity contribution < 1.29 is 19.1 Å². The number of hydrogen-bond donors (Lipinski definition) is 1. The first-order valence-corrected chi connectivity index (χ1v) is 19.0. The topological polar surface area (TPSA) is 78.6 Å². The van der Waals surface area contributed by atoms with E-state index in [0.717, 1.165) is 64.2 Å². The summed E-state index contributed by atoms with van der Waals surface area (Å²) in [6, 6.07) is 0. The molecule has 0 amide bonds. The molecule has 0 saturated carbocycles. The van der Waals surface area contributed by atoms with Gasteiger partial charge >= 0.3 is 11.9 Å². The minimum atomic E-state index is -0.784. The Morgan fingerprint density at radius 1 is 0.543 bits per heavy atom. The monoisotopic (exact) mass is 644 g/mol. The van der Waals surface area contributed by atoms with Crippen molar-refractivity contribution in [2.45, 2.75) is 193 Å². The largest absolute Gasteiger partial charge is 0.462 e. The van der Waals surface area contributed by atoms with Crippen molar-refractivity contribution in [3.05, 3.63) is 48.6 Å². The highest BCUT2D eigenvalue weighted by Gasteiger charge is 2.30. The van der Waals surface area contributed by atoms with E-state index in [9.17, 15) is 9.59 Å². The van der Waals surface area contributed by atoms with Gasteiger partial charge < -0.3 is 15.2 Å². The van der Waals surface area contributed by atoms with Crippen molar-refractivity contribution in [3.63, 3.8) is 0 Å². The van der Waals surface area contributed by atoms with Crippen molar-refractivity contribution in [2.75, 3.05) is 6.61 Å². The van der Waals surface area contributed by atoms with Crippen LogP contribution in [0.1, 0.15) is 182 Å². The molecular formula is C41H73NO4. The van der Waals surface area contributed by atoms with Gasteiger partial charge in [-0.1, -0.05) is 127 Å². The Morgan fingerprint density at radius 3 is 1.33 bits per heavy atom. The van der Waals surface area contributed by atoms with Crippen LogP contribution in [-0.2, 0) is 19.1 Å². The predicted octanol–water partition coefficient (Wildman–Crippen LogP) is 11.8. The van der Waals surface area contributed by atoms with Crippen LogP contribution >= 0.6 is 0 Å². The zero-order chi connectivity index (χ0) is 34.0. The van der Waals surface area contributed by atoms with E-state index in [1.165, 1.54) is 77.0 Å². The minimum Gasteiger partial charge on any atom is -0.462 e. The van der Waals surface area contributed by atoms with E-state index in [1.807, 2.05) is 0 Å². The molecule has 0 aliphatic rings. The minimum absolute atomic E-state index is 0.0104. The molecule has 0 spiro atoms. The molecule has 46 heavy (non-hydrogen) atoms. The molecule has 0 aromatic heterocycles. The van der Waals surface area contributed by atoms with Crippen molar-refractivity contribution in [1.82, 2.24) is 0 Å². The number of allylic oxidation sites excluding steroid dienone is 8. The molecule has 1 atom stereocenters. The van der Waals surface area contributed by atoms with E-state index in [2.05, 4.69) is 62.5 Å². The average molecular weight is 644 g/mol. The molecule has 0 radical (unpaired) electrons. The normalized spacial score (nSPS) is 13.1. The van der Waals surface area contributed by atoms with Gasteiger partial charge in [0.05, 0.1) is 5.54 Å². The quantitative estimate of drug-likeness (QED) is 0.0448. The van der Waals surface area contributed by atoms with Crippen molar-refractivity contribution >= 4 is 11.9 Å². The number of nitrogens with two attached hydrogens (primary N) is 1. The zero-order valence-corrected chi connectivity index (χ0v) is 30.6. The summed E-state index contributed by atoms with van der Waals surface area (Å²) in [6.07, 6.45) is 43.5. The van der Waals surface area contributed by atoms with Crippen molar-refractivity contribution in [3.8, 4) is 0 Å². The molecule has 0 aromatic rings. The lowest BCUT2D eigenvalue weighted by molar-refractivity contribution is -0.163. The smallest absolute Gasteiger partial charge is 0.306 e. The second kappa shape index (κ2) is 32.8. The summed E-state index contributed by atoms with van der Waals surface area (Å²) in [4.78, 5) is 24.8. The molecule has 0 aliphatic heterocycles. The van der Waals surface area contributed by atoms with Gasteiger partial charge in [0.25, 0.3) is 0 Å². The first kappa shape index (κ1) is 43.9. The summed E-state index contributed by atoms with van der Waals surface area (Å²) in [5.41, 5.74) is 5.47. The standard InChI is InChI=1S/C41H73NO4/c1-5-7-9-11-13-15-17-19-21-23-25-27-29-31-33-35-39(43)45-37-38(41(3,4)42)46-40(44)36-34-32-30-28-26-24-22-20-18-16-14-12-10-8-6-2/h13-16,19-22,38H,5-12,17-18,23-37,42H2,1-4H3/b15-13-,16-14-,21-19-,22-20-. The highest BCUT2D eigenvalue weighted by molar-refractivity contribution is 5.70. The number of carbonyl (C=O) groups excluding carboxylic acids is 2. The molecule has 5 nitrogen and oxygen atoms in total. The van der Waals surface area contributed by atoms with Gasteiger partial charge in [0.2, 0.25) is 0 Å². The Bertz CT molecular complexity index is 821. The first-order chi connectivity index (χ1) is 22.3. The second-order valence-electron chi connectivity index (χ2n) is 13.4. The van der Waals surface area contributed by atoms with E-state index in [4.69, 9.17) is 15.2 Å². The van der Waals surface area contributed by atoms with Crippen LogP contribution in [0.4, 0.5) is 0 Å². The molecule has 266 valence electrons. The van der Waals surface area contributed by atoms with Crippen LogP contribution in [0.15, 0.2) is 48.6 Å². The molecule has 1 unspecified atom stereocenters. The fourth-order valence-corrected chi connectivity index (χ4v) is 5.02. The maximum Gasteiger partial charge on any atom is 0.306 e. The number of esters is 2. The van der Waals surface area contributed by atoms with Crippen LogP contribution < -0.4 is 5.73 Å². The molecule has 0 rings (SSSR count). The highest BCUT2D eigenvalue weighted by atomic mass is 16.6. The van der Waals surface area contributed by atoms with Crippen molar-refractivity contribution in [2.24, 2.45) is 5.73 Å². The Hall–Kier alpha value is -2.14. The Labute approximate surface area is 284 Å². The summed E-state index contributed by atoms with van der Waals surface area (Å²) in [5.74, 6) is -0.510. The fraction of sp³-hybridized carbons (Fsp3) is 0.756. The van der Waals surface area contributed by atoms with Gasteiger partial charge in [-0.25, -0.2) is 0 Å². The molecule has 0 aromatic carbocycles. The molecule has 0 fully saturated rings. The highest BCUT2D eigenvalue weighted by Crippen LogP contribution is 2.15. The lowest BCUT2D eigenvalue weighted by atomic mass is 9.99. The Balaban J connectivity index is 3.87. The Kier molecular flexibility index (Phi) is 31.3. The van der Waals surface area contributed by atoms with Crippen LogP contribution in [0.3, 0.4) is 0 Å². The van der Waals surface area contributed by atoms with E-state index in [0.29, 0.717) is 12.8 Å². The van der Waals surface area contributed by atoms with Gasteiger partial charge in [-0.3, -0.25) is 9.59 Å². The van der Waals surface area contributed by atoms with Crippen LogP contribution in [0, 0.1) is 0 Å². The van der Waals surface area contributed by atoms with Crippen LogP contribution in [0.2, 0.25) is 0 Å². The van der Waals surface area contributed by atoms with E-state index in [-0.39, 0.29) is 18.5 Å². The molecule has 0 heterocycles. The third-order valence-electron chi connectivity index (χ3n) is 8.16. The van der Waals surface area contributed by atoms with Crippen molar-refractivity contribution in [1.29, 1.82) is 0 Å². The summed E-state index contributed by atoms with van der Waals surface area (Å²) in [6.45, 7) is 8.09. The van der Waals surface area contributed by atoms with Gasteiger partial charge in [-0.05, 0) is 90.9 Å². The summed E-state index contributed by atoms with van der Waals surface area (Å²) in [7, 11) is 0. The van der Waals surface area contributed by atoms with Gasteiger partial charge in [-0.2, -0.15) is 0 Å². The van der Waals surface area contributed by atoms with Gasteiger partial charge in [-0.15, -0.1) is 0 Å². The summed E-state index contributed by atoms with van der Waals surface area (Å²) in [5, 5.41) is 0. The van der Waals surface area contributed by atoms with Gasteiger partial charge in [0.15, 0.2) is 6.10 Å². The van der Waals surface area contributed by atoms with Crippen LogP contribution in [-0.4, -0.2) is 30.2 Å².